The van der Waals surface area contributed by atoms with Gasteiger partial charge in [0.15, 0.2) is 0 Å². The topological polar surface area (TPSA) is 48.5 Å². The highest BCUT2D eigenvalue weighted by Gasteiger charge is 2.50. The Morgan fingerprint density at radius 3 is 2.23 bits per heavy atom. The Morgan fingerprint density at radius 2 is 1.67 bits per heavy atom. The summed E-state index contributed by atoms with van der Waals surface area (Å²) in [5.41, 5.74) is 2.41. The maximum atomic E-state index is 13.9. The van der Waals surface area contributed by atoms with Gasteiger partial charge in [-0.2, -0.15) is 0 Å². The first-order valence-electron chi connectivity index (χ1n) is 10.3. The monoisotopic (exact) mass is 414 g/mol. The van der Waals surface area contributed by atoms with Crippen LogP contribution >= 0.6 is 0 Å². The average Bonchev–Trinajstić information content (AvgIpc) is 2.97. The number of anilines is 1. The van der Waals surface area contributed by atoms with E-state index in [0.717, 1.165) is 36.0 Å². The second-order valence-corrected chi connectivity index (χ2v) is 8.94. The van der Waals surface area contributed by atoms with Crippen molar-refractivity contribution >= 4 is 11.7 Å². The van der Waals surface area contributed by atoms with Crippen LogP contribution in [0.1, 0.15) is 42.6 Å². The number of hydrogen-bond acceptors (Lipinski definition) is 3. The Hall–Kier alpha value is -2.54. The molecule has 0 unspecified atom stereocenters. The molecule has 0 atom stereocenters. The van der Waals surface area contributed by atoms with Crippen LogP contribution in [0.4, 0.5) is 19.3 Å². The van der Waals surface area contributed by atoms with Crippen LogP contribution in [0.3, 0.4) is 0 Å². The fourth-order valence-electron chi connectivity index (χ4n) is 5.11. The van der Waals surface area contributed by atoms with Gasteiger partial charge in [-0.1, -0.05) is 0 Å². The maximum absolute atomic E-state index is 13.9. The number of carbonyl (C=O) groups is 1. The fraction of sp³-hybridized carbons (Fsp3) is 0.478. The lowest BCUT2D eigenvalue weighted by Gasteiger charge is -2.48. The number of pyridine rings is 1. The molecule has 1 aliphatic carbocycles. The number of hydrogen-bond donors (Lipinski definition) is 1. The molecule has 7 heteroatoms. The summed E-state index contributed by atoms with van der Waals surface area (Å²) in [6.45, 7) is 4.41. The van der Waals surface area contributed by atoms with Crippen molar-refractivity contribution < 1.29 is 13.6 Å². The Bertz CT molecular complexity index is 963. The summed E-state index contributed by atoms with van der Waals surface area (Å²) in [5, 5.41) is 3.20. The van der Waals surface area contributed by atoms with Gasteiger partial charge in [0, 0.05) is 17.3 Å². The molecule has 160 valence electrons. The molecular formula is C23H28F2N4O. The highest BCUT2D eigenvalue weighted by atomic mass is 19.1. The number of carbonyl (C=O) groups excluding carboxylic acids is 1. The number of amides is 2. The largest absolute Gasteiger partial charge is 0.330 e. The maximum Gasteiger partial charge on any atom is 0.322 e. The molecule has 5 nitrogen and oxygen atoms in total. The van der Waals surface area contributed by atoms with Crippen LogP contribution in [-0.2, 0) is 5.54 Å². The zero-order chi connectivity index (χ0) is 21.7. The Balaban J connectivity index is 1.59. The van der Waals surface area contributed by atoms with E-state index in [2.05, 4.69) is 15.2 Å². The van der Waals surface area contributed by atoms with Crippen molar-refractivity contribution in [3.8, 4) is 0 Å². The first kappa shape index (κ1) is 20.7. The van der Waals surface area contributed by atoms with E-state index in [1.807, 2.05) is 40.1 Å². The minimum atomic E-state index is -0.561. The van der Waals surface area contributed by atoms with Crippen LogP contribution in [0.5, 0.6) is 0 Å². The van der Waals surface area contributed by atoms with Crippen LogP contribution in [-0.4, -0.2) is 42.1 Å². The van der Waals surface area contributed by atoms with Gasteiger partial charge >= 0.3 is 6.03 Å². The van der Waals surface area contributed by atoms with Crippen LogP contribution in [0.2, 0.25) is 0 Å². The van der Waals surface area contributed by atoms with Crippen LogP contribution < -0.4 is 10.2 Å². The van der Waals surface area contributed by atoms with Crippen LogP contribution in [0.25, 0.3) is 0 Å². The van der Waals surface area contributed by atoms with Gasteiger partial charge in [-0.15, -0.1) is 0 Å². The van der Waals surface area contributed by atoms with E-state index in [-0.39, 0.29) is 11.6 Å². The van der Waals surface area contributed by atoms with E-state index in [0.29, 0.717) is 24.9 Å². The van der Waals surface area contributed by atoms with E-state index in [1.165, 1.54) is 12.1 Å². The van der Waals surface area contributed by atoms with Crippen molar-refractivity contribution in [2.45, 2.75) is 50.6 Å². The zero-order valence-electron chi connectivity index (χ0n) is 17.9. The van der Waals surface area contributed by atoms with Gasteiger partial charge in [-0.3, -0.25) is 14.8 Å². The van der Waals surface area contributed by atoms with Crippen molar-refractivity contribution in [1.82, 2.24) is 15.2 Å². The average molecular weight is 415 g/mol. The molecule has 1 saturated heterocycles. The molecule has 1 N–H and O–H groups in total. The third-order valence-corrected chi connectivity index (χ3v) is 6.86. The molecule has 2 heterocycles. The molecular weight excluding hydrogens is 386 g/mol. The predicted molar refractivity (Wildman–Crippen MR) is 113 cm³/mol. The Kier molecular flexibility index (Phi) is 5.04. The number of rotatable bonds is 3. The molecule has 2 fully saturated rings. The highest BCUT2D eigenvalue weighted by molar-refractivity contribution is 5.95. The van der Waals surface area contributed by atoms with E-state index in [9.17, 15) is 13.6 Å². The van der Waals surface area contributed by atoms with Crippen molar-refractivity contribution in [2.75, 3.05) is 25.5 Å². The summed E-state index contributed by atoms with van der Waals surface area (Å²) in [4.78, 5) is 21.1. The normalized spacial score (nSPS) is 26.5. The number of urea groups is 1. The van der Waals surface area contributed by atoms with Crippen molar-refractivity contribution in [3.05, 3.63) is 58.9 Å². The highest BCUT2D eigenvalue weighted by Crippen LogP contribution is 2.46. The minimum Gasteiger partial charge on any atom is -0.330 e. The molecule has 1 spiro atoms. The Labute approximate surface area is 176 Å². The summed E-state index contributed by atoms with van der Waals surface area (Å²) in [7, 11) is 3.89. The van der Waals surface area contributed by atoms with Gasteiger partial charge in [-0.05, 0) is 83.5 Å². The third-order valence-electron chi connectivity index (χ3n) is 6.86. The first-order valence-corrected chi connectivity index (χ1v) is 10.3. The molecule has 2 aliphatic rings. The molecule has 30 heavy (non-hydrogen) atoms. The quantitative estimate of drug-likeness (QED) is 0.816. The molecule has 1 aromatic heterocycles. The standard InChI is InChI=1S/C23H28F2N4O/c1-15-5-6-20(16(2)26-15)29-14-22(27-21(29)30)7-9-23(10-8-22,28(3)4)17-11-18(24)13-19(25)12-17/h5-6,11-13H,7-10,14H2,1-4H3,(H,27,30). The van der Waals surface area contributed by atoms with E-state index >= 15 is 0 Å². The zero-order valence-corrected chi connectivity index (χ0v) is 17.9. The van der Waals surface area contributed by atoms with Gasteiger partial charge < -0.3 is 5.32 Å². The smallest absolute Gasteiger partial charge is 0.322 e. The second kappa shape index (κ2) is 7.30. The lowest BCUT2D eigenvalue weighted by atomic mass is 9.69. The molecule has 1 saturated carbocycles. The number of nitrogens with one attached hydrogen (secondary N) is 1. The molecule has 2 amide bonds. The molecule has 1 aliphatic heterocycles. The third kappa shape index (κ3) is 3.45. The molecule has 0 radical (unpaired) electrons. The summed E-state index contributed by atoms with van der Waals surface area (Å²) < 4.78 is 27.9. The van der Waals surface area contributed by atoms with Gasteiger partial charge in [0.2, 0.25) is 0 Å². The van der Waals surface area contributed by atoms with Gasteiger partial charge in [0.1, 0.15) is 11.6 Å². The van der Waals surface area contributed by atoms with Gasteiger partial charge in [-0.25, -0.2) is 13.6 Å². The number of benzene rings is 1. The van der Waals surface area contributed by atoms with E-state index < -0.39 is 17.2 Å². The molecule has 4 rings (SSSR count). The van der Waals surface area contributed by atoms with Crippen molar-refractivity contribution in [1.29, 1.82) is 0 Å². The summed E-state index contributed by atoms with van der Waals surface area (Å²) in [6, 6.07) is 7.52. The summed E-state index contributed by atoms with van der Waals surface area (Å²) >= 11 is 0. The summed E-state index contributed by atoms with van der Waals surface area (Å²) in [5.74, 6) is -1.12. The van der Waals surface area contributed by atoms with Gasteiger partial charge in [0.25, 0.3) is 0 Å². The molecule has 2 aromatic rings. The number of halogens is 2. The van der Waals surface area contributed by atoms with Crippen molar-refractivity contribution in [3.63, 3.8) is 0 Å². The first-order chi connectivity index (χ1) is 14.1. The van der Waals surface area contributed by atoms with E-state index in [4.69, 9.17) is 0 Å². The fourth-order valence-corrected chi connectivity index (χ4v) is 5.11. The van der Waals surface area contributed by atoms with Crippen LogP contribution in [0, 0.1) is 25.5 Å². The lowest BCUT2D eigenvalue weighted by molar-refractivity contribution is 0.0652. The van der Waals surface area contributed by atoms with Crippen LogP contribution in [0.15, 0.2) is 30.3 Å². The second-order valence-electron chi connectivity index (χ2n) is 8.94. The summed E-state index contributed by atoms with van der Waals surface area (Å²) in [6.07, 6.45) is 2.85. The SMILES string of the molecule is Cc1ccc(N2CC3(CCC(c4cc(F)cc(F)c4)(N(C)C)CC3)NC2=O)c(C)n1. The molecule has 0 bridgehead atoms. The molecule has 1 aromatic carbocycles. The predicted octanol–water partition coefficient (Wildman–Crippen LogP) is 4.28. The minimum absolute atomic E-state index is 0.113. The number of nitrogens with zero attached hydrogens (tertiary/aromatic N) is 3. The van der Waals surface area contributed by atoms with E-state index in [1.54, 1.807) is 4.90 Å². The number of aryl methyl sites for hydroxylation is 2. The Morgan fingerprint density at radius 1 is 1.03 bits per heavy atom. The van der Waals surface area contributed by atoms with Crippen molar-refractivity contribution in [2.24, 2.45) is 0 Å². The lowest BCUT2D eigenvalue weighted by Crippen LogP contribution is -2.54. The van der Waals surface area contributed by atoms with Gasteiger partial charge in [0.05, 0.1) is 23.5 Å². The number of aromatic nitrogens is 1.